The van der Waals surface area contributed by atoms with Crippen molar-refractivity contribution in [3.8, 4) is 0 Å². The smallest absolute Gasteiger partial charge is 0.319 e. The molecule has 9 heteroatoms. The van der Waals surface area contributed by atoms with Gasteiger partial charge in [0.2, 0.25) is 0 Å². The second-order valence-corrected chi connectivity index (χ2v) is 8.55. The summed E-state index contributed by atoms with van der Waals surface area (Å²) < 4.78 is 4.93. The van der Waals surface area contributed by atoms with Gasteiger partial charge in [-0.1, -0.05) is 0 Å². The summed E-state index contributed by atoms with van der Waals surface area (Å²) in [5.74, 6) is 0.128. The van der Waals surface area contributed by atoms with Gasteiger partial charge in [-0.15, -0.1) is 23.1 Å². The Labute approximate surface area is 158 Å². The molecule has 1 aliphatic rings. The van der Waals surface area contributed by atoms with Crippen molar-refractivity contribution < 1.29 is 14.3 Å². The molecule has 2 N–H and O–H groups in total. The number of amides is 1. The van der Waals surface area contributed by atoms with Crippen LogP contribution < -0.4 is 10.9 Å². The number of fused-ring (bicyclic) bond motifs is 3. The van der Waals surface area contributed by atoms with E-state index in [2.05, 4.69) is 15.3 Å². The number of likely N-dealkylation sites (N-methyl/N-ethyl adjacent to an activating group) is 1. The van der Waals surface area contributed by atoms with Gasteiger partial charge >= 0.3 is 5.97 Å². The SMILES string of the molecule is CNC(=O)COC(=O)[C@@H](C)SCc1nc2sc3c(c2c(=O)[nH]1)CCCC3. The lowest BCUT2D eigenvalue weighted by molar-refractivity contribution is -0.147. The van der Waals surface area contributed by atoms with E-state index in [1.54, 1.807) is 18.3 Å². The molecule has 0 radical (unpaired) electrons. The molecule has 2 aromatic rings. The van der Waals surface area contributed by atoms with Crippen LogP contribution in [0.3, 0.4) is 0 Å². The molecule has 7 nitrogen and oxygen atoms in total. The van der Waals surface area contributed by atoms with E-state index in [1.165, 1.54) is 23.7 Å². The molecule has 2 aromatic heterocycles. The Kier molecular flexibility index (Phi) is 5.98. The maximum absolute atomic E-state index is 12.5. The van der Waals surface area contributed by atoms with Crippen molar-refractivity contribution in [1.82, 2.24) is 15.3 Å². The lowest BCUT2D eigenvalue weighted by atomic mass is 9.97. The fourth-order valence-electron chi connectivity index (χ4n) is 2.88. The van der Waals surface area contributed by atoms with E-state index in [1.807, 2.05) is 0 Å². The first-order chi connectivity index (χ1) is 12.5. The quantitative estimate of drug-likeness (QED) is 0.723. The molecule has 0 fully saturated rings. The summed E-state index contributed by atoms with van der Waals surface area (Å²) in [7, 11) is 1.48. The van der Waals surface area contributed by atoms with Crippen LogP contribution in [0.25, 0.3) is 10.2 Å². The zero-order chi connectivity index (χ0) is 18.7. The van der Waals surface area contributed by atoms with Crippen LogP contribution in [0.2, 0.25) is 0 Å². The van der Waals surface area contributed by atoms with Crippen LogP contribution in [0.5, 0.6) is 0 Å². The third kappa shape index (κ3) is 4.09. The zero-order valence-electron chi connectivity index (χ0n) is 14.7. The number of rotatable bonds is 6. The van der Waals surface area contributed by atoms with Crippen molar-refractivity contribution in [2.75, 3.05) is 13.7 Å². The highest BCUT2D eigenvalue weighted by Gasteiger charge is 2.21. The van der Waals surface area contributed by atoms with Gasteiger partial charge in [0, 0.05) is 11.9 Å². The Balaban J connectivity index is 1.67. The third-order valence-corrected chi connectivity index (χ3v) is 6.62. The van der Waals surface area contributed by atoms with E-state index in [-0.39, 0.29) is 18.1 Å². The molecule has 1 amide bonds. The number of H-pyrrole nitrogens is 1. The number of carbonyl (C=O) groups is 2. The fourth-order valence-corrected chi connectivity index (χ4v) is 4.90. The van der Waals surface area contributed by atoms with Gasteiger partial charge < -0.3 is 15.0 Å². The normalized spacial score (nSPS) is 14.7. The van der Waals surface area contributed by atoms with Gasteiger partial charge in [0.05, 0.1) is 11.1 Å². The van der Waals surface area contributed by atoms with Crippen LogP contribution >= 0.6 is 23.1 Å². The first-order valence-corrected chi connectivity index (χ1v) is 10.4. The number of thioether (sulfide) groups is 1. The van der Waals surface area contributed by atoms with E-state index < -0.39 is 11.2 Å². The number of aryl methyl sites for hydroxylation is 2. The van der Waals surface area contributed by atoms with Crippen molar-refractivity contribution in [2.45, 2.75) is 43.6 Å². The van der Waals surface area contributed by atoms with E-state index in [0.717, 1.165) is 41.5 Å². The molecule has 1 atom stereocenters. The summed E-state index contributed by atoms with van der Waals surface area (Å²) in [5.41, 5.74) is 1.06. The van der Waals surface area contributed by atoms with Crippen LogP contribution in [-0.4, -0.2) is 40.7 Å². The van der Waals surface area contributed by atoms with Crippen molar-refractivity contribution >= 4 is 45.2 Å². The molecule has 140 valence electrons. The molecule has 3 rings (SSSR count). The van der Waals surface area contributed by atoms with E-state index in [0.29, 0.717) is 11.6 Å². The predicted octanol–water partition coefficient (Wildman–Crippen LogP) is 1.77. The highest BCUT2D eigenvalue weighted by atomic mass is 32.2. The van der Waals surface area contributed by atoms with Crippen LogP contribution in [-0.2, 0) is 32.9 Å². The summed E-state index contributed by atoms with van der Waals surface area (Å²) in [6.45, 7) is 1.42. The van der Waals surface area contributed by atoms with E-state index in [4.69, 9.17) is 4.74 Å². The number of hydrogen-bond donors (Lipinski definition) is 2. The van der Waals surface area contributed by atoms with Crippen LogP contribution in [0.1, 0.15) is 36.0 Å². The molecule has 0 aliphatic heterocycles. The number of aromatic nitrogens is 2. The number of aromatic amines is 1. The average molecular weight is 396 g/mol. The summed E-state index contributed by atoms with van der Waals surface area (Å²) in [4.78, 5) is 45.0. The van der Waals surface area contributed by atoms with Crippen molar-refractivity contribution in [3.05, 3.63) is 26.6 Å². The Morgan fingerprint density at radius 2 is 2.15 bits per heavy atom. The third-order valence-electron chi connectivity index (χ3n) is 4.30. The highest BCUT2D eigenvalue weighted by Crippen LogP contribution is 2.33. The molecular weight excluding hydrogens is 374 g/mol. The Bertz CT molecular complexity index is 890. The lowest BCUT2D eigenvalue weighted by Gasteiger charge is -2.11. The second-order valence-electron chi connectivity index (χ2n) is 6.14. The topological polar surface area (TPSA) is 101 Å². The average Bonchev–Trinajstić information content (AvgIpc) is 3.02. The van der Waals surface area contributed by atoms with Gasteiger partial charge in [0.1, 0.15) is 15.9 Å². The molecule has 0 saturated carbocycles. The molecular formula is C17H21N3O4S2. The number of ether oxygens (including phenoxy) is 1. The largest absolute Gasteiger partial charge is 0.455 e. The first-order valence-electron chi connectivity index (χ1n) is 8.52. The van der Waals surface area contributed by atoms with Gasteiger partial charge in [-0.2, -0.15) is 0 Å². The van der Waals surface area contributed by atoms with Gasteiger partial charge in [0.15, 0.2) is 6.61 Å². The van der Waals surface area contributed by atoms with Gasteiger partial charge in [-0.3, -0.25) is 14.4 Å². The van der Waals surface area contributed by atoms with Crippen molar-refractivity contribution in [3.63, 3.8) is 0 Å². The Morgan fingerprint density at radius 3 is 2.92 bits per heavy atom. The zero-order valence-corrected chi connectivity index (χ0v) is 16.3. The van der Waals surface area contributed by atoms with Gasteiger partial charge in [0.25, 0.3) is 11.5 Å². The number of nitrogens with zero attached hydrogens (tertiary/aromatic N) is 1. The number of hydrogen-bond acceptors (Lipinski definition) is 7. The molecule has 1 aliphatic carbocycles. The van der Waals surface area contributed by atoms with Crippen molar-refractivity contribution in [2.24, 2.45) is 0 Å². The van der Waals surface area contributed by atoms with Crippen molar-refractivity contribution in [1.29, 1.82) is 0 Å². The Hall–Kier alpha value is -1.87. The maximum Gasteiger partial charge on any atom is 0.319 e. The van der Waals surface area contributed by atoms with E-state index in [9.17, 15) is 14.4 Å². The molecule has 0 bridgehead atoms. The monoisotopic (exact) mass is 395 g/mol. The molecule has 2 heterocycles. The highest BCUT2D eigenvalue weighted by molar-refractivity contribution is 7.99. The van der Waals surface area contributed by atoms with Gasteiger partial charge in [-0.05, 0) is 38.2 Å². The lowest BCUT2D eigenvalue weighted by Crippen LogP contribution is -2.27. The Morgan fingerprint density at radius 1 is 1.38 bits per heavy atom. The molecule has 0 saturated heterocycles. The summed E-state index contributed by atoms with van der Waals surface area (Å²) >= 11 is 2.92. The maximum atomic E-state index is 12.5. The number of nitrogens with one attached hydrogen (secondary N) is 2. The predicted molar refractivity (Wildman–Crippen MR) is 103 cm³/mol. The van der Waals surface area contributed by atoms with Crippen LogP contribution in [0.15, 0.2) is 4.79 Å². The minimum Gasteiger partial charge on any atom is -0.455 e. The summed E-state index contributed by atoms with van der Waals surface area (Å²) in [5, 5.41) is 2.66. The number of thiophene rings is 1. The minimum atomic E-state index is -0.464. The van der Waals surface area contributed by atoms with Crippen LogP contribution in [0.4, 0.5) is 0 Å². The summed E-state index contributed by atoms with van der Waals surface area (Å²) in [6.07, 6.45) is 4.25. The second kappa shape index (κ2) is 8.22. The molecule has 0 unspecified atom stereocenters. The minimum absolute atomic E-state index is 0.0974. The number of esters is 1. The fraction of sp³-hybridized carbons (Fsp3) is 0.529. The van der Waals surface area contributed by atoms with Gasteiger partial charge in [-0.25, -0.2) is 4.98 Å². The van der Waals surface area contributed by atoms with E-state index >= 15 is 0 Å². The first kappa shape index (κ1) is 18.9. The molecule has 0 spiro atoms. The summed E-state index contributed by atoms with van der Waals surface area (Å²) in [6, 6.07) is 0. The van der Waals surface area contributed by atoms with Crippen LogP contribution in [0, 0.1) is 0 Å². The molecule has 0 aromatic carbocycles. The molecule has 26 heavy (non-hydrogen) atoms. The standard InChI is InChI=1S/C17H21N3O4S2/c1-9(17(23)24-7-13(21)18-2)25-8-12-19-15(22)14-10-5-3-4-6-11(10)26-16(14)20-12/h9H,3-8H2,1-2H3,(H,18,21)(H,19,20,22)/t9-/m1/s1. The number of carbonyl (C=O) groups excluding carboxylic acids is 2.